The standard InChI is InChI=1S/C43H32/c1-3-12-30(13-4-2)35-16-11-17-36(28-35)32-22-25-33(26-23-32)42-38-18-7-9-20-40(38)43(41-21-10-8-19-39(41)42)37-27-24-31-14-5-6-15-34(31)29-37/h3-29H,1H2,2H3/b13-4-,30-12+. The fourth-order valence-corrected chi connectivity index (χ4v) is 6.36. The zero-order valence-corrected chi connectivity index (χ0v) is 24.3. The molecular weight excluding hydrogens is 516 g/mol. The van der Waals surface area contributed by atoms with Gasteiger partial charge in [-0.15, -0.1) is 0 Å². The first-order chi connectivity index (χ1) is 21.2. The van der Waals surface area contributed by atoms with Gasteiger partial charge in [0, 0.05) is 0 Å². The average Bonchev–Trinajstić information content (AvgIpc) is 3.07. The fraction of sp³-hybridized carbons (Fsp3) is 0.0233. The van der Waals surface area contributed by atoms with E-state index in [9.17, 15) is 0 Å². The van der Waals surface area contributed by atoms with Gasteiger partial charge in [0.15, 0.2) is 0 Å². The lowest BCUT2D eigenvalue weighted by Crippen LogP contribution is -1.91. The molecule has 0 N–H and O–H groups in total. The predicted molar refractivity (Wildman–Crippen MR) is 188 cm³/mol. The number of allylic oxidation sites excluding steroid dienone is 5. The minimum atomic E-state index is 1.15. The van der Waals surface area contributed by atoms with Gasteiger partial charge < -0.3 is 0 Å². The first-order valence-corrected chi connectivity index (χ1v) is 14.8. The van der Waals surface area contributed by atoms with Gasteiger partial charge in [-0.25, -0.2) is 0 Å². The summed E-state index contributed by atoms with van der Waals surface area (Å²) in [5.74, 6) is 0. The molecule has 0 saturated carbocycles. The van der Waals surface area contributed by atoms with E-state index < -0.39 is 0 Å². The molecule has 7 aromatic rings. The zero-order chi connectivity index (χ0) is 29.2. The summed E-state index contributed by atoms with van der Waals surface area (Å²) >= 11 is 0. The van der Waals surface area contributed by atoms with Crippen LogP contribution < -0.4 is 0 Å². The third-order valence-corrected chi connectivity index (χ3v) is 8.32. The monoisotopic (exact) mass is 548 g/mol. The minimum Gasteiger partial charge on any atom is -0.0990 e. The van der Waals surface area contributed by atoms with E-state index in [4.69, 9.17) is 0 Å². The summed E-state index contributed by atoms with van der Waals surface area (Å²) in [4.78, 5) is 0. The Labute approximate surface area is 253 Å². The molecular formula is C43H32. The van der Waals surface area contributed by atoms with Crippen LogP contribution in [-0.4, -0.2) is 0 Å². The molecule has 0 unspecified atom stereocenters. The first-order valence-electron chi connectivity index (χ1n) is 14.8. The Balaban J connectivity index is 1.39. The molecule has 0 saturated heterocycles. The maximum absolute atomic E-state index is 3.89. The van der Waals surface area contributed by atoms with E-state index in [1.807, 2.05) is 13.0 Å². The van der Waals surface area contributed by atoms with Gasteiger partial charge in [-0.1, -0.05) is 158 Å². The molecule has 0 amide bonds. The average molecular weight is 549 g/mol. The molecule has 0 aromatic heterocycles. The van der Waals surface area contributed by atoms with Crippen molar-refractivity contribution in [3.8, 4) is 33.4 Å². The van der Waals surface area contributed by atoms with Crippen LogP contribution in [0.2, 0.25) is 0 Å². The van der Waals surface area contributed by atoms with Gasteiger partial charge >= 0.3 is 0 Å². The number of fused-ring (bicyclic) bond motifs is 3. The summed E-state index contributed by atoms with van der Waals surface area (Å²) in [6, 6.07) is 50.9. The van der Waals surface area contributed by atoms with E-state index in [0.29, 0.717) is 0 Å². The molecule has 0 aliphatic heterocycles. The van der Waals surface area contributed by atoms with Crippen LogP contribution in [0.1, 0.15) is 12.5 Å². The van der Waals surface area contributed by atoms with Crippen LogP contribution in [-0.2, 0) is 0 Å². The van der Waals surface area contributed by atoms with Gasteiger partial charge in [-0.3, -0.25) is 0 Å². The number of hydrogen-bond donors (Lipinski definition) is 0. The predicted octanol–water partition coefficient (Wildman–Crippen LogP) is 12.3. The summed E-state index contributed by atoms with van der Waals surface area (Å²) < 4.78 is 0. The first kappa shape index (κ1) is 26.4. The normalized spacial score (nSPS) is 12.0. The maximum atomic E-state index is 3.89. The lowest BCUT2D eigenvalue weighted by molar-refractivity contribution is 1.57. The van der Waals surface area contributed by atoms with Crippen LogP contribution >= 0.6 is 0 Å². The molecule has 0 heterocycles. The van der Waals surface area contributed by atoms with E-state index in [-0.39, 0.29) is 0 Å². The molecule has 0 radical (unpaired) electrons. The van der Waals surface area contributed by atoms with Crippen molar-refractivity contribution in [1.82, 2.24) is 0 Å². The van der Waals surface area contributed by atoms with E-state index in [1.165, 1.54) is 71.3 Å². The highest BCUT2D eigenvalue weighted by Gasteiger charge is 2.16. The SMILES string of the molecule is C=C/C=C(\C=C/C)c1cccc(-c2ccc(-c3c4ccccc4c(-c4ccc5ccccc5c4)c4ccccc34)cc2)c1. The third kappa shape index (κ3) is 4.88. The van der Waals surface area contributed by atoms with Gasteiger partial charge in [0.25, 0.3) is 0 Å². The maximum Gasteiger partial charge on any atom is -0.00262 e. The van der Waals surface area contributed by atoms with Crippen molar-refractivity contribution in [3.63, 3.8) is 0 Å². The van der Waals surface area contributed by atoms with Gasteiger partial charge in [-0.2, -0.15) is 0 Å². The Bertz CT molecular complexity index is 2130. The molecule has 0 nitrogen and oxygen atoms in total. The molecule has 7 aromatic carbocycles. The number of rotatable bonds is 6. The Hall–Kier alpha value is -5.46. The fourth-order valence-electron chi connectivity index (χ4n) is 6.36. The molecule has 0 fully saturated rings. The van der Waals surface area contributed by atoms with Crippen LogP contribution in [0, 0.1) is 0 Å². The lowest BCUT2D eigenvalue weighted by Gasteiger charge is -2.18. The van der Waals surface area contributed by atoms with Crippen molar-refractivity contribution in [1.29, 1.82) is 0 Å². The molecule has 43 heavy (non-hydrogen) atoms. The van der Waals surface area contributed by atoms with Gasteiger partial charge in [0.1, 0.15) is 0 Å². The van der Waals surface area contributed by atoms with Crippen molar-refractivity contribution in [2.45, 2.75) is 6.92 Å². The Kier molecular flexibility index (Phi) is 7.03. The van der Waals surface area contributed by atoms with Crippen molar-refractivity contribution < 1.29 is 0 Å². The quantitative estimate of drug-likeness (QED) is 0.143. The Morgan fingerprint density at radius 2 is 1.05 bits per heavy atom. The molecule has 0 bridgehead atoms. The van der Waals surface area contributed by atoms with Gasteiger partial charge in [-0.05, 0) is 95.9 Å². The second-order valence-corrected chi connectivity index (χ2v) is 10.9. The highest BCUT2D eigenvalue weighted by Crippen LogP contribution is 2.44. The van der Waals surface area contributed by atoms with Crippen molar-refractivity contribution in [2.24, 2.45) is 0 Å². The van der Waals surface area contributed by atoms with Crippen LogP contribution in [0.15, 0.2) is 170 Å². The summed E-state index contributed by atoms with van der Waals surface area (Å²) in [5, 5.41) is 7.60. The second-order valence-electron chi connectivity index (χ2n) is 10.9. The van der Waals surface area contributed by atoms with E-state index in [1.54, 1.807) is 0 Å². The van der Waals surface area contributed by atoms with Gasteiger partial charge in [0.2, 0.25) is 0 Å². The summed E-state index contributed by atoms with van der Waals surface area (Å²) in [6.07, 6.45) is 8.09. The Morgan fingerprint density at radius 3 is 1.67 bits per heavy atom. The molecule has 7 rings (SSSR count). The summed E-state index contributed by atoms with van der Waals surface area (Å²) in [7, 11) is 0. The van der Waals surface area contributed by atoms with E-state index >= 15 is 0 Å². The summed E-state index contributed by atoms with van der Waals surface area (Å²) in [5.41, 5.74) is 9.77. The second kappa shape index (κ2) is 11.4. The van der Waals surface area contributed by atoms with Crippen LogP contribution in [0.4, 0.5) is 0 Å². The summed E-state index contributed by atoms with van der Waals surface area (Å²) in [6.45, 7) is 5.94. The number of benzene rings is 7. The van der Waals surface area contributed by atoms with E-state index in [0.717, 1.165) is 5.57 Å². The molecule has 204 valence electrons. The highest BCUT2D eigenvalue weighted by atomic mass is 14.2. The zero-order valence-electron chi connectivity index (χ0n) is 24.3. The van der Waals surface area contributed by atoms with Crippen LogP contribution in [0.5, 0.6) is 0 Å². The molecule has 0 heteroatoms. The molecule has 0 atom stereocenters. The van der Waals surface area contributed by atoms with E-state index in [2.05, 4.69) is 164 Å². The molecule has 0 aliphatic rings. The Morgan fingerprint density at radius 1 is 0.488 bits per heavy atom. The van der Waals surface area contributed by atoms with Crippen molar-refractivity contribution in [2.75, 3.05) is 0 Å². The smallest absolute Gasteiger partial charge is 0.00262 e. The largest absolute Gasteiger partial charge is 0.0990 e. The third-order valence-electron chi connectivity index (χ3n) is 8.32. The lowest BCUT2D eigenvalue weighted by atomic mass is 9.85. The van der Waals surface area contributed by atoms with Crippen molar-refractivity contribution in [3.05, 3.63) is 176 Å². The van der Waals surface area contributed by atoms with Crippen LogP contribution in [0.3, 0.4) is 0 Å². The van der Waals surface area contributed by atoms with Crippen molar-refractivity contribution >= 4 is 37.9 Å². The van der Waals surface area contributed by atoms with Gasteiger partial charge in [0.05, 0.1) is 0 Å². The van der Waals surface area contributed by atoms with Crippen LogP contribution in [0.25, 0.3) is 71.3 Å². The highest BCUT2D eigenvalue weighted by molar-refractivity contribution is 6.21. The number of hydrogen-bond acceptors (Lipinski definition) is 0. The molecule has 0 aliphatic carbocycles. The topological polar surface area (TPSA) is 0 Å². The molecule has 0 spiro atoms. The minimum absolute atomic E-state index is 1.15.